The van der Waals surface area contributed by atoms with Crippen molar-refractivity contribution in [2.75, 3.05) is 0 Å². The van der Waals surface area contributed by atoms with Gasteiger partial charge in [-0.05, 0) is 30.5 Å². The van der Waals surface area contributed by atoms with E-state index in [9.17, 15) is 14.4 Å². The van der Waals surface area contributed by atoms with Gasteiger partial charge in [0.25, 0.3) is 11.1 Å². The molecule has 0 bridgehead atoms. The molecule has 0 aliphatic heterocycles. The van der Waals surface area contributed by atoms with Crippen molar-refractivity contribution in [3.05, 3.63) is 86.3 Å². The Labute approximate surface area is 177 Å². The fourth-order valence-electron chi connectivity index (χ4n) is 3.40. The fraction of sp³-hybridized carbons (Fsp3) is 0.261. The Hall–Kier alpha value is -3.81. The molecule has 0 N–H and O–H groups in total. The van der Waals surface area contributed by atoms with Gasteiger partial charge in [-0.3, -0.25) is 14.0 Å². The van der Waals surface area contributed by atoms with Gasteiger partial charge in [0.1, 0.15) is 12.3 Å². The molecule has 0 atom stereocenters. The third-order valence-corrected chi connectivity index (χ3v) is 4.81. The number of fused-ring (bicyclic) bond motifs is 2. The highest BCUT2D eigenvalue weighted by molar-refractivity contribution is 6.02. The average Bonchev–Trinajstić information content (AvgIpc) is 2.74. The summed E-state index contributed by atoms with van der Waals surface area (Å²) in [4.78, 5) is 42.3. The highest BCUT2D eigenvalue weighted by Gasteiger charge is 2.19. The van der Waals surface area contributed by atoms with E-state index in [4.69, 9.17) is 4.74 Å². The first kappa shape index (κ1) is 20.5. The molecular weight excluding hydrogens is 396 g/mol. The van der Waals surface area contributed by atoms with Crippen LogP contribution in [0.25, 0.3) is 16.4 Å². The van der Waals surface area contributed by atoms with E-state index in [0.717, 1.165) is 5.56 Å². The summed E-state index contributed by atoms with van der Waals surface area (Å²) in [6.07, 6.45) is 1.70. The lowest BCUT2D eigenvalue weighted by molar-refractivity contribution is 0.0460. The number of aryl methyl sites for hydroxylation is 1. The lowest BCUT2D eigenvalue weighted by Gasteiger charge is -2.12. The van der Waals surface area contributed by atoms with Crippen LogP contribution in [0.15, 0.2) is 58.3 Å². The van der Waals surface area contributed by atoms with Gasteiger partial charge < -0.3 is 4.74 Å². The average molecular weight is 418 g/mol. The van der Waals surface area contributed by atoms with E-state index in [-0.39, 0.29) is 29.3 Å². The van der Waals surface area contributed by atoms with Crippen molar-refractivity contribution in [2.45, 2.75) is 33.9 Å². The minimum absolute atomic E-state index is 0.0592. The number of carbonyl (C=O) groups is 1. The molecule has 3 aromatic heterocycles. The zero-order valence-corrected chi connectivity index (χ0v) is 17.5. The van der Waals surface area contributed by atoms with Crippen molar-refractivity contribution in [3.63, 3.8) is 0 Å². The van der Waals surface area contributed by atoms with E-state index in [1.807, 2.05) is 26.8 Å². The summed E-state index contributed by atoms with van der Waals surface area (Å²) in [5, 5.41) is 5.11. The maximum Gasteiger partial charge on any atom is 0.359 e. The van der Waals surface area contributed by atoms with Crippen LogP contribution in [0.5, 0.6) is 0 Å². The minimum Gasteiger partial charge on any atom is -0.454 e. The second kappa shape index (κ2) is 8.14. The summed E-state index contributed by atoms with van der Waals surface area (Å²) >= 11 is 0. The number of hydrogen-bond acceptors (Lipinski definition) is 6. The van der Waals surface area contributed by atoms with Gasteiger partial charge in [-0.25, -0.2) is 14.5 Å². The van der Waals surface area contributed by atoms with Gasteiger partial charge in [-0.1, -0.05) is 38.1 Å². The third-order valence-electron chi connectivity index (χ3n) is 4.81. The SMILES string of the molecule is Cc1ccc2nc(COC(=O)c3nn(CC(C)C)c(=O)c4ccccc34)cc(=O)n2c1. The predicted molar refractivity (Wildman–Crippen MR) is 116 cm³/mol. The molecule has 0 saturated heterocycles. The molecule has 0 amide bonds. The van der Waals surface area contributed by atoms with Crippen molar-refractivity contribution >= 4 is 22.4 Å². The van der Waals surface area contributed by atoms with E-state index in [2.05, 4.69) is 10.1 Å². The first-order valence-electron chi connectivity index (χ1n) is 9.99. The normalized spacial score (nSPS) is 11.4. The van der Waals surface area contributed by atoms with E-state index < -0.39 is 5.97 Å². The first-order valence-corrected chi connectivity index (χ1v) is 9.99. The molecule has 31 heavy (non-hydrogen) atoms. The molecule has 0 saturated carbocycles. The molecule has 0 spiro atoms. The molecule has 0 aliphatic carbocycles. The Balaban J connectivity index is 1.67. The Morgan fingerprint density at radius 3 is 2.58 bits per heavy atom. The van der Waals surface area contributed by atoms with E-state index >= 15 is 0 Å². The molecule has 0 radical (unpaired) electrons. The van der Waals surface area contributed by atoms with Gasteiger partial charge in [-0.15, -0.1) is 0 Å². The Bertz CT molecular complexity index is 1420. The van der Waals surface area contributed by atoms with Crippen LogP contribution < -0.4 is 11.1 Å². The predicted octanol–water partition coefficient (Wildman–Crippen LogP) is 2.73. The van der Waals surface area contributed by atoms with E-state index in [1.54, 1.807) is 36.5 Å². The van der Waals surface area contributed by atoms with Crippen LogP contribution in [0.3, 0.4) is 0 Å². The lowest BCUT2D eigenvalue weighted by Crippen LogP contribution is -2.28. The van der Waals surface area contributed by atoms with E-state index in [1.165, 1.54) is 15.1 Å². The molecule has 4 rings (SSSR count). The van der Waals surface area contributed by atoms with Gasteiger partial charge >= 0.3 is 5.97 Å². The zero-order chi connectivity index (χ0) is 22.1. The number of esters is 1. The third kappa shape index (κ3) is 4.09. The van der Waals surface area contributed by atoms with Crippen LogP contribution in [0.4, 0.5) is 0 Å². The number of carbonyl (C=O) groups excluding carboxylic acids is 1. The Morgan fingerprint density at radius 2 is 1.84 bits per heavy atom. The van der Waals surface area contributed by atoms with Gasteiger partial charge in [-0.2, -0.15) is 5.10 Å². The zero-order valence-electron chi connectivity index (χ0n) is 17.5. The molecule has 8 nitrogen and oxygen atoms in total. The molecule has 158 valence electrons. The number of ether oxygens (including phenoxy) is 1. The maximum absolute atomic E-state index is 12.9. The van der Waals surface area contributed by atoms with Crippen LogP contribution in [0.2, 0.25) is 0 Å². The van der Waals surface area contributed by atoms with Gasteiger partial charge in [0.05, 0.1) is 11.1 Å². The summed E-state index contributed by atoms with van der Waals surface area (Å²) in [7, 11) is 0. The van der Waals surface area contributed by atoms with Gasteiger partial charge in [0.15, 0.2) is 5.69 Å². The van der Waals surface area contributed by atoms with Crippen LogP contribution in [-0.4, -0.2) is 25.1 Å². The molecule has 0 aliphatic rings. The van der Waals surface area contributed by atoms with Crippen LogP contribution in [0.1, 0.15) is 35.6 Å². The molecule has 8 heteroatoms. The van der Waals surface area contributed by atoms with E-state index in [0.29, 0.717) is 28.7 Å². The monoisotopic (exact) mass is 418 g/mol. The topological polar surface area (TPSA) is 95.6 Å². The summed E-state index contributed by atoms with van der Waals surface area (Å²) < 4.78 is 8.16. The quantitative estimate of drug-likeness (QED) is 0.463. The Morgan fingerprint density at radius 1 is 1.10 bits per heavy atom. The number of hydrogen-bond donors (Lipinski definition) is 0. The highest BCUT2D eigenvalue weighted by Crippen LogP contribution is 2.15. The standard InChI is InChI=1S/C23H22N4O4/c1-14(2)11-27-22(29)18-7-5-4-6-17(18)21(25-27)23(30)31-13-16-10-20(28)26-12-15(3)8-9-19(26)24-16/h4-10,12,14H,11,13H2,1-3H3. The second-order valence-corrected chi connectivity index (χ2v) is 7.87. The number of rotatable bonds is 5. The van der Waals surface area contributed by atoms with Crippen molar-refractivity contribution in [1.82, 2.24) is 19.2 Å². The minimum atomic E-state index is -0.681. The smallest absolute Gasteiger partial charge is 0.359 e. The van der Waals surface area contributed by atoms with Crippen molar-refractivity contribution in [3.8, 4) is 0 Å². The van der Waals surface area contributed by atoms with Crippen LogP contribution >= 0.6 is 0 Å². The number of aromatic nitrogens is 4. The fourth-order valence-corrected chi connectivity index (χ4v) is 3.40. The Kier molecular flexibility index (Phi) is 5.37. The summed E-state index contributed by atoms with van der Waals surface area (Å²) in [5.74, 6) is -0.506. The second-order valence-electron chi connectivity index (χ2n) is 7.87. The summed E-state index contributed by atoms with van der Waals surface area (Å²) in [6, 6.07) is 11.7. The molecule has 0 fully saturated rings. The lowest BCUT2D eigenvalue weighted by atomic mass is 10.1. The molecule has 1 aromatic carbocycles. The molecular formula is C23H22N4O4. The number of nitrogens with zero attached hydrogens (tertiary/aromatic N) is 4. The van der Waals surface area contributed by atoms with Crippen LogP contribution in [-0.2, 0) is 17.9 Å². The summed E-state index contributed by atoms with van der Waals surface area (Å²) in [5.41, 5.74) is 1.29. The van der Waals surface area contributed by atoms with Crippen LogP contribution in [0, 0.1) is 12.8 Å². The molecule has 4 aromatic rings. The molecule has 3 heterocycles. The maximum atomic E-state index is 12.9. The van der Waals surface area contributed by atoms with Gasteiger partial charge in [0, 0.05) is 24.2 Å². The van der Waals surface area contributed by atoms with Crippen molar-refractivity contribution in [2.24, 2.45) is 5.92 Å². The first-order chi connectivity index (χ1) is 14.8. The molecule has 0 unspecified atom stereocenters. The summed E-state index contributed by atoms with van der Waals surface area (Å²) in [6.45, 7) is 6.02. The largest absolute Gasteiger partial charge is 0.454 e. The van der Waals surface area contributed by atoms with Crippen molar-refractivity contribution < 1.29 is 9.53 Å². The number of pyridine rings is 1. The van der Waals surface area contributed by atoms with Crippen molar-refractivity contribution in [1.29, 1.82) is 0 Å². The van der Waals surface area contributed by atoms with Gasteiger partial charge in [0.2, 0.25) is 0 Å². The highest BCUT2D eigenvalue weighted by atomic mass is 16.5. The number of benzene rings is 1.